The number of hydrogen-bond donors (Lipinski definition) is 0. The zero-order valence-electron chi connectivity index (χ0n) is 13.2. The lowest BCUT2D eigenvalue weighted by Gasteiger charge is -2.18. The number of rotatable bonds is 6. The zero-order valence-corrected chi connectivity index (χ0v) is 14.0. The number of hydrogen-bond acceptors (Lipinski definition) is 3. The largest absolute Gasteiger partial charge is 0.497 e. The molecule has 0 aromatic heterocycles. The highest BCUT2D eigenvalue weighted by atomic mass is 32.2. The molecule has 0 aliphatic carbocycles. The summed E-state index contributed by atoms with van der Waals surface area (Å²) in [7, 11) is 3.50. The van der Waals surface area contributed by atoms with Crippen LogP contribution in [-0.2, 0) is 11.3 Å². The predicted molar refractivity (Wildman–Crippen MR) is 91.4 cm³/mol. The number of methoxy groups -OCH3 is 1. The quantitative estimate of drug-likeness (QED) is 0.760. The lowest BCUT2D eigenvalue weighted by molar-refractivity contribution is -0.127. The number of amides is 1. The third-order valence-corrected chi connectivity index (χ3v) is 4.51. The molecule has 116 valence electrons. The van der Waals surface area contributed by atoms with Crippen molar-refractivity contribution < 1.29 is 9.53 Å². The van der Waals surface area contributed by atoms with E-state index in [-0.39, 0.29) is 5.91 Å². The lowest BCUT2D eigenvalue weighted by atomic mass is 10.1. The minimum atomic E-state index is 0.129. The average Bonchev–Trinajstić information content (AvgIpc) is 2.55. The molecule has 0 aliphatic rings. The van der Waals surface area contributed by atoms with E-state index in [0.717, 1.165) is 10.6 Å². The van der Waals surface area contributed by atoms with Crippen LogP contribution in [0, 0.1) is 6.92 Å². The molecule has 0 aliphatic heterocycles. The molecule has 0 atom stereocenters. The van der Waals surface area contributed by atoms with Gasteiger partial charge in [-0.15, -0.1) is 11.8 Å². The molecule has 0 saturated carbocycles. The third kappa shape index (κ3) is 4.53. The Labute approximate surface area is 136 Å². The Morgan fingerprint density at radius 3 is 2.45 bits per heavy atom. The fraction of sp³-hybridized carbons (Fsp3) is 0.278. The lowest BCUT2D eigenvalue weighted by Crippen LogP contribution is -2.28. The number of benzene rings is 2. The Kier molecular flexibility index (Phi) is 5.90. The second-order valence-electron chi connectivity index (χ2n) is 5.14. The van der Waals surface area contributed by atoms with Gasteiger partial charge in [0, 0.05) is 18.5 Å². The van der Waals surface area contributed by atoms with Crippen LogP contribution < -0.4 is 4.74 Å². The standard InChI is InChI=1S/C18H21NO2S/c1-14-6-4-5-7-15(14)12-19(2)18(20)13-22-17-10-8-16(21-3)9-11-17/h4-11H,12-13H2,1-3H3. The van der Waals surface area contributed by atoms with E-state index in [1.165, 1.54) is 11.1 Å². The molecule has 2 aromatic rings. The van der Waals surface area contributed by atoms with E-state index in [1.807, 2.05) is 43.4 Å². The fourth-order valence-corrected chi connectivity index (χ4v) is 2.90. The van der Waals surface area contributed by atoms with Crippen LogP contribution in [0.4, 0.5) is 0 Å². The van der Waals surface area contributed by atoms with E-state index in [1.54, 1.807) is 23.8 Å². The van der Waals surface area contributed by atoms with E-state index in [0.29, 0.717) is 12.3 Å². The van der Waals surface area contributed by atoms with Crippen LogP contribution in [0.2, 0.25) is 0 Å². The molecule has 1 amide bonds. The topological polar surface area (TPSA) is 29.5 Å². The summed E-state index contributed by atoms with van der Waals surface area (Å²) in [5.41, 5.74) is 2.40. The molecule has 0 fully saturated rings. The van der Waals surface area contributed by atoms with Gasteiger partial charge < -0.3 is 9.64 Å². The number of nitrogens with zero attached hydrogens (tertiary/aromatic N) is 1. The first-order chi connectivity index (χ1) is 10.6. The normalized spacial score (nSPS) is 10.3. The molecule has 4 heteroatoms. The number of ether oxygens (including phenoxy) is 1. The van der Waals surface area contributed by atoms with Gasteiger partial charge in [0.25, 0.3) is 0 Å². The van der Waals surface area contributed by atoms with Crippen molar-refractivity contribution in [1.82, 2.24) is 4.90 Å². The van der Waals surface area contributed by atoms with Crippen molar-refractivity contribution in [1.29, 1.82) is 0 Å². The zero-order chi connectivity index (χ0) is 15.9. The summed E-state index contributed by atoms with van der Waals surface area (Å²) in [4.78, 5) is 15.1. The second-order valence-corrected chi connectivity index (χ2v) is 6.19. The minimum Gasteiger partial charge on any atom is -0.497 e. The van der Waals surface area contributed by atoms with Gasteiger partial charge in [0.05, 0.1) is 12.9 Å². The fourth-order valence-electron chi connectivity index (χ4n) is 2.06. The van der Waals surface area contributed by atoms with Gasteiger partial charge in [-0.2, -0.15) is 0 Å². The molecule has 0 saturated heterocycles. The number of carbonyl (C=O) groups is 1. The molecule has 0 heterocycles. The third-order valence-electron chi connectivity index (χ3n) is 3.52. The number of carbonyl (C=O) groups excluding carboxylic acids is 1. The first kappa shape index (κ1) is 16.4. The van der Waals surface area contributed by atoms with Crippen LogP contribution in [0.15, 0.2) is 53.4 Å². The highest BCUT2D eigenvalue weighted by Crippen LogP contribution is 2.21. The Morgan fingerprint density at radius 1 is 1.14 bits per heavy atom. The van der Waals surface area contributed by atoms with Gasteiger partial charge in [-0.1, -0.05) is 24.3 Å². The summed E-state index contributed by atoms with van der Waals surface area (Å²) in [5.74, 6) is 1.39. The van der Waals surface area contributed by atoms with E-state index in [9.17, 15) is 4.79 Å². The van der Waals surface area contributed by atoms with Gasteiger partial charge in [-0.25, -0.2) is 0 Å². The number of aryl methyl sites for hydroxylation is 1. The van der Waals surface area contributed by atoms with Crippen LogP contribution in [0.3, 0.4) is 0 Å². The highest BCUT2D eigenvalue weighted by molar-refractivity contribution is 8.00. The summed E-state index contributed by atoms with van der Waals surface area (Å²) in [6, 6.07) is 15.9. The molecule has 0 unspecified atom stereocenters. The Morgan fingerprint density at radius 2 is 1.82 bits per heavy atom. The maximum atomic E-state index is 12.2. The van der Waals surface area contributed by atoms with Crippen molar-refractivity contribution in [2.45, 2.75) is 18.4 Å². The molecule has 2 rings (SSSR count). The van der Waals surface area contributed by atoms with Crippen molar-refractivity contribution in [3.8, 4) is 5.75 Å². The van der Waals surface area contributed by atoms with Gasteiger partial charge in [-0.3, -0.25) is 4.79 Å². The molecule has 0 bridgehead atoms. The second kappa shape index (κ2) is 7.90. The molecular weight excluding hydrogens is 294 g/mol. The summed E-state index contributed by atoms with van der Waals surface area (Å²) >= 11 is 1.54. The van der Waals surface area contributed by atoms with Gasteiger partial charge in [0.2, 0.25) is 5.91 Å². The maximum Gasteiger partial charge on any atom is 0.232 e. The highest BCUT2D eigenvalue weighted by Gasteiger charge is 2.11. The first-order valence-electron chi connectivity index (χ1n) is 7.15. The van der Waals surface area contributed by atoms with Crippen molar-refractivity contribution in [3.05, 3.63) is 59.7 Å². The molecule has 0 radical (unpaired) electrons. The van der Waals surface area contributed by atoms with Crippen LogP contribution in [-0.4, -0.2) is 30.7 Å². The van der Waals surface area contributed by atoms with Crippen LogP contribution in [0.1, 0.15) is 11.1 Å². The van der Waals surface area contributed by atoms with Crippen molar-refractivity contribution >= 4 is 17.7 Å². The molecule has 22 heavy (non-hydrogen) atoms. The Bertz CT molecular complexity index is 625. The minimum absolute atomic E-state index is 0.129. The monoisotopic (exact) mass is 315 g/mol. The van der Waals surface area contributed by atoms with E-state index in [4.69, 9.17) is 4.74 Å². The molecule has 3 nitrogen and oxygen atoms in total. The summed E-state index contributed by atoms with van der Waals surface area (Å²) in [6.45, 7) is 2.72. The van der Waals surface area contributed by atoms with E-state index in [2.05, 4.69) is 19.1 Å². The molecular formula is C18H21NO2S. The van der Waals surface area contributed by atoms with Gasteiger partial charge in [-0.05, 0) is 42.3 Å². The van der Waals surface area contributed by atoms with Crippen molar-refractivity contribution in [2.75, 3.05) is 19.9 Å². The van der Waals surface area contributed by atoms with Gasteiger partial charge in [0.1, 0.15) is 5.75 Å². The number of thioether (sulfide) groups is 1. The Balaban J connectivity index is 1.87. The average molecular weight is 315 g/mol. The van der Waals surface area contributed by atoms with Crippen LogP contribution >= 0.6 is 11.8 Å². The summed E-state index contributed by atoms with van der Waals surface area (Å²) in [6.07, 6.45) is 0. The van der Waals surface area contributed by atoms with E-state index < -0.39 is 0 Å². The first-order valence-corrected chi connectivity index (χ1v) is 8.14. The van der Waals surface area contributed by atoms with Crippen LogP contribution in [0.25, 0.3) is 0 Å². The Hall–Kier alpha value is -1.94. The summed E-state index contributed by atoms with van der Waals surface area (Å²) in [5, 5.41) is 0. The van der Waals surface area contributed by atoms with E-state index >= 15 is 0 Å². The van der Waals surface area contributed by atoms with Gasteiger partial charge in [0.15, 0.2) is 0 Å². The maximum absolute atomic E-state index is 12.2. The SMILES string of the molecule is COc1ccc(SCC(=O)N(C)Cc2ccccc2C)cc1. The van der Waals surface area contributed by atoms with Crippen molar-refractivity contribution in [2.24, 2.45) is 0 Å². The molecule has 0 N–H and O–H groups in total. The molecule has 2 aromatic carbocycles. The predicted octanol–water partition coefficient (Wildman–Crippen LogP) is 3.75. The van der Waals surface area contributed by atoms with Crippen molar-refractivity contribution in [3.63, 3.8) is 0 Å². The van der Waals surface area contributed by atoms with Gasteiger partial charge >= 0.3 is 0 Å². The molecule has 0 spiro atoms. The summed E-state index contributed by atoms with van der Waals surface area (Å²) < 4.78 is 5.13. The smallest absolute Gasteiger partial charge is 0.232 e. The van der Waals surface area contributed by atoms with Crippen LogP contribution in [0.5, 0.6) is 5.75 Å².